The monoisotopic (exact) mass is 411 g/mol. The lowest BCUT2D eigenvalue weighted by Crippen LogP contribution is -2.33. The lowest BCUT2D eigenvalue weighted by molar-refractivity contribution is 0.0738. The van der Waals surface area contributed by atoms with Crippen LogP contribution >= 0.6 is 11.3 Å². The summed E-state index contributed by atoms with van der Waals surface area (Å²) in [7, 11) is 1.84. The lowest BCUT2D eigenvalue weighted by atomic mass is 10.0. The molecule has 3 aromatic heterocycles. The molecule has 1 aliphatic rings. The van der Waals surface area contributed by atoms with Gasteiger partial charge in [0.2, 0.25) is 0 Å². The van der Waals surface area contributed by atoms with E-state index >= 15 is 0 Å². The van der Waals surface area contributed by atoms with Crippen molar-refractivity contribution < 1.29 is 9.32 Å². The van der Waals surface area contributed by atoms with Gasteiger partial charge in [0.1, 0.15) is 12.1 Å². The van der Waals surface area contributed by atoms with E-state index in [9.17, 15) is 4.79 Å². The SMILES string of the molecule is Cc1noc(C)c1CN1CCc2c(C(=O)N(C)[C@H](C)c3ccncn3)csc2C1. The van der Waals surface area contributed by atoms with E-state index in [0.29, 0.717) is 0 Å². The molecule has 0 bridgehead atoms. The van der Waals surface area contributed by atoms with Crippen molar-refractivity contribution in [1.29, 1.82) is 0 Å². The molecule has 1 amide bonds. The third-order valence-electron chi connectivity index (χ3n) is 5.75. The molecule has 0 unspecified atom stereocenters. The van der Waals surface area contributed by atoms with Crippen LogP contribution in [0.4, 0.5) is 0 Å². The van der Waals surface area contributed by atoms with E-state index in [1.807, 2.05) is 39.3 Å². The van der Waals surface area contributed by atoms with E-state index in [1.54, 1.807) is 22.4 Å². The van der Waals surface area contributed by atoms with Gasteiger partial charge in [-0.15, -0.1) is 11.3 Å². The average molecular weight is 412 g/mol. The summed E-state index contributed by atoms with van der Waals surface area (Å²) in [5.41, 5.74) is 4.98. The quantitative estimate of drug-likeness (QED) is 0.639. The van der Waals surface area contributed by atoms with Crippen LogP contribution in [0.3, 0.4) is 0 Å². The van der Waals surface area contributed by atoms with Gasteiger partial charge < -0.3 is 9.42 Å². The molecule has 7 nitrogen and oxygen atoms in total. The fourth-order valence-electron chi connectivity index (χ4n) is 3.76. The predicted molar refractivity (Wildman–Crippen MR) is 111 cm³/mol. The Bertz CT molecular complexity index is 994. The molecule has 152 valence electrons. The normalized spacial score (nSPS) is 15.2. The van der Waals surface area contributed by atoms with E-state index in [1.165, 1.54) is 22.3 Å². The number of aryl methyl sites for hydroxylation is 2. The highest BCUT2D eigenvalue weighted by Crippen LogP contribution is 2.32. The molecule has 4 heterocycles. The first-order chi connectivity index (χ1) is 14.0. The smallest absolute Gasteiger partial charge is 0.255 e. The Hall–Kier alpha value is -2.58. The fraction of sp³-hybridized carbons (Fsp3) is 0.429. The van der Waals surface area contributed by atoms with E-state index in [0.717, 1.165) is 48.8 Å². The molecule has 1 atom stereocenters. The van der Waals surface area contributed by atoms with Crippen LogP contribution in [-0.2, 0) is 19.5 Å². The number of hydrogen-bond donors (Lipinski definition) is 0. The van der Waals surface area contributed by atoms with Gasteiger partial charge in [-0.25, -0.2) is 9.97 Å². The Kier molecular flexibility index (Phi) is 5.47. The maximum absolute atomic E-state index is 13.2. The molecular formula is C21H25N5O2S. The first-order valence-electron chi connectivity index (χ1n) is 9.72. The molecule has 8 heteroatoms. The number of carbonyl (C=O) groups excluding carboxylic acids is 1. The third kappa shape index (κ3) is 3.82. The summed E-state index contributed by atoms with van der Waals surface area (Å²) in [4.78, 5) is 26.9. The molecule has 0 radical (unpaired) electrons. The first-order valence-corrected chi connectivity index (χ1v) is 10.6. The lowest BCUT2D eigenvalue weighted by Gasteiger charge is -2.28. The number of rotatable bonds is 5. The van der Waals surface area contributed by atoms with Crippen LogP contribution in [0.2, 0.25) is 0 Å². The van der Waals surface area contributed by atoms with Gasteiger partial charge in [0.25, 0.3) is 5.91 Å². The molecule has 0 saturated carbocycles. The van der Waals surface area contributed by atoms with Crippen molar-refractivity contribution in [3.8, 4) is 0 Å². The van der Waals surface area contributed by atoms with Crippen LogP contribution in [0, 0.1) is 13.8 Å². The minimum atomic E-state index is -0.110. The maximum atomic E-state index is 13.2. The molecule has 29 heavy (non-hydrogen) atoms. The molecule has 1 aliphatic heterocycles. The molecule has 4 rings (SSSR count). The van der Waals surface area contributed by atoms with Gasteiger partial charge in [0.15, 0.2) is 0 Å². The third-order valence-corrected chi connectivity index (χ3v) is 6.77. The molecular weight excluding hydrogens is 386 g/mol. The fourth-order valence-corrected chi connectivity index (χ4v) is 4.87. The maximum Gasteiger partial charge on any atom is 0.255 e. The minimum absolute atomic E-state index is 0.0489. The van der Waals surface area contributed by atoms with Crippen molar-refractivity contribution in [2.45, 2.75) is 46.3 Å². The summed E-state index contributed by atoms with van der Waals surface area (Å²) in [6.45, 7) is 8.53. The van der Waals surface area contributed by atoms with Crippen molar-refractivity contribution in [2.75, 3.05) is 13.6 Å². The van der Waals surface area contributed by atoms with E-state index in [2.05, 4.69) is 20.0 Å². The number of fused-ring (bicyclic) bond motifs is 1. The topological polar surface area (TPSA) is 75.4 Å². The van der Waals surface area contributed by atoms with Crippen molar-refractivity contribution >= 4 is 17.2 Å². The van der Waals surface area contributed by atoms with Crippen LogP contribution < -0.4 is 0 Å². The van der Waals surface area contributed by atoms with Gasteiger partial charge in [-0.1, -0.05) is 5.16 Å². The van der Waals surface area contributed by atoms with Gasteiger partial charge in [-0.2, -0.15) is 0 Å². The van der Waals surface area contributed by atoms with Gasteiger partial charge in [-0.3, -0.25) is 9.69 Å². The second kappa shape index (κ2) is 8.04. The van der Waals surface area contributed by atoms with Gasteiger partial charge in [-0.05, 0) is 38.8 Å². The standard InChI is InChI=1S/C21H25N5O2S/c1-13-17(15(3)28-24-13)9-26-8-6-16-18(11-29-20(16)10-26)21(27)25(4)14(2)19-5-7-22-12-23-19/h5,7,11-12,14H,6,8-10H2,1-4H3/t14-/m1/s1. The molecule has 3 aromatic rings. The van der Waals surface area contributed by atoms with Gasteiger partial charge in [0.05, 0.1) is 23.0 Å². The summed E-state index contributed by atoms with van der Waals surface area (Å²) in [5.74, 6) is 0.934. The van der Waals surface area contributed by atoms with Crippen molar-refractivity contribution in [2.24, 2.45) is 0 Å². The number of nitrogens with zero attached hydrogens (tertiary/aromatic N) is 5. The summed E-state index contributed by atoms with van der Waals surface area (Å²) in [6, 6.07) is 1.74. The Morgan fingerprint density at radius 2 is 2.24 bits per heavy atom. The summed E-state index contributed by atoms with van der Waals surface area (Å²) in [5, 5.41) is 6.07. The molecule has 0 saturated heterocycles. The van der Waals surface area contributed by atoms with Gasteiger partial charge >= 0.3 is 0 Å². The van der Waals surface area contributed by atoms with Crippen molar-refractivity contribution in [3.63, 3.8) is 0 Å². The van der Waals surface area contributed by atoms with Crippen LogP contribution in [0.25, 0.3) is 0 Å². The highest BCUT2D eigenvalue weighted by Gasteiger charge is 2.28. The number of hydrogen-bond acceptors (Lipinski definition) is 7. The number of amides is 1. The summed E-state index contributed by atoms with van der Waals surface area (Å²) < 4.78 is 5.29. The van der Waals surface area contributed by atoms with Crippen LogP contribution in [0.5, 0.6) is 0 Å². The Labute approximate surface area is 174 Å². The highest BCUT2D eigenvalue weighted by molar-refractivity contribution is 7.10. The first kappa shape index (κ1) is 19.7. The zero-order valence-electron chi connectivity index (χ0n) is 17.2. The Balaban J connectivity index is 1.48. The van der Waals surface area contributed by atoms with E-state index in [-0.39, 0.29) is 11.9 Å². The molecule has 0 spiro atoms. The number of thiophene rings is 1. The molecule has 0 N–H and O–H groups in total. The zero-order chi connectivity index (χ0) is 20.5. The number of aromatic nitrogens is 3. The highest BCUT2D eigenvalue weighted by atomic mass is 32.1. The molecule has 0 fully saturated rings. The van der Waals surface area contributed by atoms with E-state index in [4.69, 9.17) is 4.52 Å². The summed E-state index contributed by atoms with van der Waals surface area (Å²) >= 11 is 1.68. The molecule has 0 aromatic carbocycles. The predicted octanol–water partition coefficient (Wildman–Crippen LogP) is 3.53. The average Bonchev–Trinajstić information content (AvgIpc) is 3.30. The second-order valence-corrected chi connectivity index (χ2v) is 8.50. The van der Waals surface area contributed by atoms with Gasteiger partial charge in [0, 0.05) is 48.7 Å². The minimum Gasteiger partial charge on any atom is -0.361 e. The largest absolute Gasteiger partial charge is 0.361 e. The van der Waals surface area contributed by atoms with E-state index < -0.39 is 0 Å². The molecule has 0 aliphatic carbocycles. The Morgan fingerprint density at radius 3 is 2.93 bits per heavy atom. The zero-order valence-corrected chi connectivity index (χ0v) is 18.0. The number of carbonyl (C=O) groups is 1. The van der Waals surface area contributed by atoms with Crippen LogP contribution in [0.15, 0.2) is 28.5 Å². The second-order valence-electron chi connectivity index (χ2n) is 7.54. The van der Waals surface area contributed by atoms with Crippen LogP contribution in [-0.4, -0.2) is 44.4 Å². The summed E-state index contributed by atoms with van der Waals surface area (Å²) in [6.07, 6.45) is 4.10. The van der Waals surface area contributed by atoms with Crippen molar-refractivity contribution in [1.82, 2.24) is 24.9 Å². The Morgan fingerprint density at radius 1 is 1.41 bits per heavy atom. The van der Waals surface area contributed by atoms with Crippen molar-refractivity contribution in [3.05, 3.63) is 62.7 Å². The van der Waals surface area contributed by atoms with Crippen LogP contribution in [0.1, 0.15) is 56.5 Å².